The maximum absolute atomic E-state index is 11.6. The first kappa shape index (κ1) is 12.0. The lowest BCUT2D eigenvalue weighted by atomic mass is 10.0. The van der Waals surface area contributed by atoms with Crippen molar-refractivity contribution in [3.63, 3.8) is 0 Å². The highest BCUT2D eigenvalue weighted by Crippen LogP contribution is 2.62. The normalized spacial score (nSPS) is 25.4. The molecule has 84 valence electrons. The van der Waals surface area contributed by atoms with E-state index in [4.69, 9.17) is 0 Å². The standard InChI is InChI=1S/C10H21NO2S/c1-7(2)14(12,13)11-8-9(3,4)10(8,5)6/h7-8,11H,1-6H3. The van der Waals surface area contributed by atoms with Crippen LogP contribution in [0.5, 0.6) is 0 Å². The second-order valence-corrected chi connectivity index (χ2v) is 7.86. The topological polar surface area (TPSA) is 46.2 Å². The first-order valence-corrected chi connectivity index (χ1v) is 6.59. The molecule has 0 aromatic carbocycles. The fraction of sp³-hybridized carbons (Fsp3) is 1.00. The molecule has 0 aromatic rings. The van der Waals surface area contributed by atoms with Gasteiger partial charge in [-0.15, -0.1) is 0 Å². The van der Waals surface area contributed by atoms with E-state index in [0.717, 1.165) is 0 Å². The lowest BCUT2D eigenvalue weighted by Gasteiger charge is -2.10. The van der Waals surface area contributed by atoms with Crippen LogP contribution in [0.25, 0.3) is 0 Å². The van der Waals surface area contributed by atoms with Crippen LogP contribution < -0.4 is 4.72 Å². The molecule has 14 heavy (non-hydrogen) atoms. The number of sulfonamides is 1. The molecule has 0 aromatic heterocycles. The zero-order valence-electron chi connectivity index (χ0n) is 9.88. The van der Waals surface area contributed by atoms with E-state index in [-0.39, 0.29) is 22.1 Å². The van der Waals surface area contributed by atoms with Crippen LogP contribution in [0.15, 0.2) is 0 Å². The van der Waals surface area contributed by atoms with Crippen LogP contribution in [-0.4, -0.2) is 19.7 Å². The van der Waals surface area contributed by atoms with Crippen molar-refractivity contribution >= 4 is 10.0 Å². The van der Waals surface area contributed by atoms with Crippen molar-refractivity contribution in [2.24, 2.45) is 10.8 Å². The summed E-state index contributed by atoms with van der Waals surface area (Å²) >= 11 is 0. The van der Waals surface area contributed by atoms with Crippen LogP contribution in [0.1, 0.15) is 41.5 Å². The molecule has 1 fully saturated rings. The summed E-state index contributed by atoms with van der Waals surface area (Å²) in [5.74, 6) is 0. The Kier molecular flexibility index (Phi) is 2.53. The Bertz CT molecular complexity index is 314. The van der Waals surface area contributed by atoms with Gasteiger partial charge in [0, 0.05) is 6.04 Å². The number of hydrogen-bond acceptors (Lipinski definition) is 2. The summed E-state index contributed by atoms with van der Waals surface area (Å²) in [6.07, 6.45) is 0. The lowest BCUT2D eigenvalue weighted by molar-refractivity contribution is 0.457. The number of rotatable bonds is 3. The van der Waals surface area contributed by atoms with Gasteiger partial charge in [0.1, 0.15) is 0 Å². The van der Waals surface area contributed by atoms with Gasteiger partial charge in [-0.05, 0) is 24.7 Å². The third-order valence-corrected chi connectivity index (χ3v) is 5.73. The van der Waals surface area contributed by atoms with E-state index in [1.54, 1.807) is 13.8 Å². The minimum atomic E-state index is -3.13. The molecule has 1 rings (SSSR count). The minimum Gasteiger partial charge on any atom is -0.212 e. The average Bonchev–Trinajstić information content (AvgIpc) is 2.32. The third-order valence-electron chi connectivity index (χ3n) is 3.92. The van der Waals surface area contributed by atoms with E-state index in [0.29, 0.717) is 0 Å². The van der Waals surface area contributed by atoms with Gasteiger partial charge in [-0.25, -0.2) is 13.1 Å². The molecule has 0 heterocycles. The van der Waals surface area contributed by atoms with Gasteiger partial charge < -0.3 is 0 Å². The summed E-state index contributed by atoms with van der Waals surface area (Å²) in [5, 5.41) is -0.352. The van der Waals surface area contributed by atoms with Crippen molar-refractivity contribution in [1.82, 2.24) is 4.72 Å². The summed E-state index contributed by atoms with van der Waals surface area (Å²) in [4.78, 5) is 0. The fourth-order valence-electron chi connectivity index (χ4n) is 1.79. The Balaban J connectivity index is 2.76. The zero-order chi connectivity index (χ0) is 11.4. The smallest absolute Gasteiger partial charge is 0.212 e. The molecule has 0 bridgehead atoms. The fourth-order valence-corrected chi connectivity index (χ4v) is 2.98. The van der Waals surface area contributed by atoms with Crippen LogP contribution in [0.4, 0.5) is 0 Å². The average molecular weight is 219 g/mol. The second kappa shape index (κ2) is 2.95. The predicted molar refractivity (Wildman–Crippen MR) is 58.5 cm³/mol. The molecule has 1 aliphatic carbocycles. The van der Waals surface area contributed by atoms with Crippen LogP contribution >= 0.6 is 0 Å². The Morgan fingerprint density at radius 1 is 1.07 bits per heavy atom. The Morgan fingerprint density at radius 2 is 1.43 bits per heavy atom. The summed E-state index contributed by atoms with van der Waals surface area (Å²) in [6, 6.07) is 0.0717. The summed E-state index contributed by atoms with van der Waals surface area (Å²) in [6.45, 7) is 11.8. The number of nitrogens with one attached hydrogen (secondary N) is 1. The molecule has 0 atom stereocenters. The monoisotopic (exact) mass is 219 g/mol. The van der Waals surface area contributed by atoms with Crippen LogP contribution in [0, 0.1) is 10.8 Å². The second-order valence-electron chi connectivity index (χ2n) is 5.59. The number of hydrogen-bond donors (Lipinski definition) is 1. The molecule has 0 spiro atoms. The zero-order valence-corrected chi connectivity index (χ0v) is 10.7. The minimum absolute atomic E-state index is 0.0644. The molecule has 1 N–H and O–H groups in total. The largest absolute Gasteiger partial charge is 0.214 e. The molecule has 0 amide bonds. The van der Waals surface area contributed by atoms with Gasteiger partial charge in [0.2, 0.25) is 10.0 Å². The van der Waals surface area contributed by atoms with E-state index in [9.17, 15) is 8.42 Å². The van der Waals surface area contributed by atoms with Crippen molar-refractivity contribution in [1.29, 1.82) is 0 Å². The SMILES string of the molecule is CC(C)S(=O)(=O)NC1C(C)(C)C1(C)C. The first-order chi connectivity index (χ1) is 6.03. The van der Waals surface area contributed by atoms with Gasteiger partial charge in [0.25, 0.3) is 0 Å². The van der Waals surface area contributed by atoms with E-state index in [1.807, 2.05) is 0 Å². The van der Waals surface area contributed by atoms with E-state index in [2.05, 4.69) is 32.4 Å². The van der Waals surface area contributed by atoms with Crippen LogP contribution in [0.2, 0.25) is 0 Å². The van der Waals surface area contributed by atoms with Gasteiger partial charge in [-0.3, -0.25) is 0 Å². The highest BCUT2D eigenvalue weighted by Gasteiger charge is 2.65. The molecule has 0 aliphatic heterocycles. The summed E-state index contributed by atoms with van der Waals surface area (Å²) in [5.41, 5.74) is 0.129. The van der Waals surface area contributed by atoms with Gasteiger partial charge in [0.05, 0.1) is 5.25 Å². The van der Waals surface area contributed by atoms with Crippen molar-refractivity contribution in [2.75, 3.05) is 0 Å². The maximum atomic E-state index is 11.6. The van der Waals surface area contributed by atoms with Gasteiger partial charge in [0.15, 0.2) is 0 Å². The molecule has 3 nitrogen and oxygen atoms in total. The van der Waals surface area contributed by atoms with E-state index in [1.165, 1.54) is 0 Å². The molecular weight excluding hydrogens is 198 g/mol. The molecule has 1 saturated carbocycles. The Morgan fingerprint density at radius 3 is 1.64 bits per heavy atom. The molecule has 4 heteroatoms. The molecule has 0 saturated heterocycles. The first-order valence-electron chi connectivity index (χ1n) is 5.04. The maximum Gasteiger partial charge on any atom is 0.214 e. The van der Waals surface area contributed by atoms with Crippen molar-refractivity contribution in [2.45, 2.75) is 52.8 Å². The van der Waals surface area contributed by atoms with Gasteiger partial charge >= 0.3 is 0 Å². The van der Waals surface area contributed by atoms with Gasteiger partial charge in [-0.2, -0.15) is 0 Å². The Labute approximate surface area is 87.3 Å². The highest BCUT2D eigenvalue weighted by molar-refractivity contribution is 7.90. The van der Waals surface area contributed by atoms with Crippen LogP contribution in [0.3, 0.4) is 0 Å². The highest BCUT2D eigenvalue weighted by atomic mass is 32.2. The molecule has 0 unspecified atom stereocenters. The van der Waals surface area contributed by atoms with Crippen molar-refractivity contribution in [3.05, 3.63) is 0 Å². The van der Waals surface area contributed by atoms with E-state index < -0.39 is 10.0 Å². The molecule has 0 radical (unpaired) electrons. The molecular formula is C10H21NO2S. The van der Waals surface area contributed by atoms with Gasteiger partial charge in [-0.1, -0.05) is 27.7 Å². The van der Waals surface area contributed by atoms with E-state index >= 15 is 0 Å². The van der Waals surface area contributed by atoms with Crippen LogP contribution in [-0.2, 0) is 10.0 Å². The Hall–Kier alpha value is -0.0900. The quantitative estimate of drug-likeness (QED) is 0.786. The molecule has 1 aliphatic rings. The predicted octanol–water partition coefficient (Wildman–Crippen LogP) is 1.75. The third kappa shape index (κ3) is 1.58. The van der Waals surface area contributed by atoms with Crippen molar-refractivity contribution in [3.8, 4) is 0 Å². The summed E-state index contributed by atoms with van der Waals surface area (Å²) in [7, 11) is -3.13. The lowest BCUT2D eigenvalue weighted by Crippen LogP contribution is -2.35. The van der Waals surface area contributed by atoms with Crippen molar-refractivity contribution < 1.29 is 8.42 Å². The summed E-state index contributed by atoms with van der Waals surface area (Å²) < 4.78 is 26.1.